The Morgan fingerprint density at radius 3 is 2.93 bits per heavy atom. The first-order valence-electron chi connectivity index (χ1n) is 5.62. The maximum atomic E-state index is 6.05. The molecule has 3 N–H and O–H groups in total. The second-order valence-electron chi connectivity index (χ2n) is 4.74. The summed E-state index contributed by atoms with van der Waals surface area (Å²) in [5.41, 5.74) is 7.16. The summed E-state index contributed by atoms with van der Waals surface area (Å²) in [5.74, 6) is 0.886. The molecule has 0 aliphatic heterocycles. The largest absolute Gasteiger partial charge is 0.323 e. The Morgan fingerprint density at radius 2 is 2.40 bits per heavy atom. The van der Waals surface area contributed by atoms with Crippen LogP contribution in [0.5, 0.6) is 0 Å². The number of hydrogen-bond donors (Lipinski definition) is 2. The van der Waals surface area contributed by atoms with Gasteiger partial charge in [-0.05, 0) is 18.8 Å². The third-order valence-corrected chi connectivity index (χ3v) is 3.15. The highest BCUT2D eigenvalue weighted by molar-refractivity contribution is 5.10. The second-order valence-corrected chi connectivity index (χ2v) is 4.74. The fourth-order valence-corrected chi connectivity index (χ4v) is 2.11. The van der Waals surface area contributed by atoms with Crippen molar-refractivity contribution in [2.45, 2.75) is 31.8 Å². The summed E-state index contributed by atoms with van der Waals surface area (Å²) in [7, 11) is 1.91. The standard InChI is InChI=1S/C11H20N4/c1-8-3-10(4-8)13-6-11(12)9-5-14-15(2)7-9/h5,7-8,10-11,13H,3-4,6,12H2,1-2H3. The molecule has 0 amide bonds. The molecule has 15 heavy (non-hydrogen) atoms. The van der Waals surface area contributed by atoms with Gasteiger partial charge < -0.3 is 11.1 Å². The van der Waals surface area contributed by atoms with Crippen molar-refractivity contribution < 1.29 is 0 Å². The molecule has 1 fully saturated rings. The van der Waals surface area contributed by atoms with Crippen LogP contribution < -0.4 is 11.1 Å². The Labute approximate surface area is 90.8 Å². The zero-order valence-corrected chi connectivity index (χ0v) is 9.48. The lowest BCUT2D eigenvalue weighted by Gasteiger charge is -2.34. The predicted molar refractivity (Wildman–Crippen MR) is 60.3 cm³/mol. The van der Waals surface area contributed by atoms with E-state index in [-0.39, 0.29) is 6.04 Å². The fraction of sp³-hybridized carbons (Fsp3) is 0.727. The first-order chi connectivity index (χ1) is 7.15. The normalized spacial score (nSPS) is 27.4. The van der Waals surface area contributed by atoms with E-state index in [0.717, 1.165) is 18.0 Å². The molecule has 1 unspecified atom stereocenters. The summed E-state index contributed by atoms with van der Waals surface area (Å²) in [5, 5.41) is 7.61. The third-order valence-electron chi connectivity index (χ3n) is 3.15. The van der Waals surface area contributed by atoms with Gasteiger partial charge in [-0.25, -0.2) is 0 Å². The summed E-state index contributed by atoms with van der Waals surface area (Å²) >= 11 is 0. The number of rotatable bonds is 4. The molecule has 1 aliphatic carbocycles. The molecule has 2 rings (SSSR count). The Morgan fingerprint density at radius 1 is 1.67 bits per heavy atom. The lowest BCUT2D eigenvalue weighted by molar-refractivity contribution is 0.239. The molecule has 1 atom stereocenters. The van der Waals surface area contributed by atoms with Crippen molar-refractivity contribution in [3.63, 3.8) is 0 Å². The molecule has 0 aromatic carbocycles. The van der Waals surface area contributed by atoms with Gasteiger partial charge in [-0.2, -0.15) is 5.10 Å². The zero-order chi connectivity index (χ0) is 10.8. The van der Waals surface area contributed by atoms with Crippen molar-refractivity contribution in [3.8, 4) is 0 Å². The van der Waals surface area contributed by atoms with Crippen molar-refractivity contribution in [3.05, 3.63) is 18.0 Å². The lowest BCUT2D eigenvalue weighted by Crippen LogP contribution is -2.43. The highest BCUT2D eigenvalue weighted by Gasteiger charge is 2.25. The first-order valence-corrected chi connectivity index (χ1v) is 5.62. The molecule has 0 spiro atoms. The van der Waals surface area contributed by atoms with Gasteiger partial charge in [0.2, 0.25) is 0 Å². The molecule has 0 radical (unpaired) electrons. The van der Waals surface area contributed by atoms with Crippen molar-refractivity contribution in [1.29, 1.82) is 0 Å². The van der Waals surface area contributed by atoms with Gasteiger partial charge in [-0.15, -0.1) is 0 Å². The van der Waals surface area contributed by atoms with E-state index in [2.05, 4.69) is 17.3 Å². The van der Waals surface area contributed by atoms with Crippen LogP contribution in [0.4, 0.5) is 0 Å². The van der Waals surface area contributed by atoms with Crippen molar-refractivity contribution in [2.75, 3.05) is 6.54 Å². The van der Waals surface area contributed by atoms with E-state index in [0.29, 0.717) is 6.04 Å². The number of nitrogens with one attached hydrogen (secondary N) is 1. The molecule has 1 heterocycles. The minimum atomic E-state index is 0.0645. The van der Waals surface area contributed by atoms with Gasteiger partial charge in [0.05, 0.1) is 6.20 Å². The number of aryl methyl sites for hydroxylation is 1. The Balaban J connectivity index is 1.75. The molecular weight excluding hydrogens is 188 g/mol. The van der Waals surface area contributed by atoms with Crippen LogP contribution >= 0.6 is 0 Å². The summed E-state index contributed by atoms with van der Waals surface area (Å²) in [6.45, 7) is 3.14. The van der Waals surface area contributed by atoms with Crippen LogP contribution in [0.25, 0.3) is 0 Å². The third kappa shape index (κ3) is 2.58. The molecular formula is C11H20N4. The zero-order valence-electron chi connectivity index (χ0n) is 9.48. The molecule has 84 valence electrons. The summed E-state index contributed by atoms with van der Waals surface area (Å²) < 4.78 is 1.79. The summed E-state index contributed by atoms with van der Waals surface area (Å²) in [6, 6.07) is 0.748. The van der Waals surface area contributed by atoms with Crippen LogP contribution in [0.15, 0.2) is 12.4 Å². The molecule has 4 nitrogen and oxygen atoms in total. The highest BCUT2D eigenvalue weighted by Crippen LogP contribution is 2.26. The molecule has 4 heteroatoms. The van der Waals surface area contributed by atoms with E-state index in [4.69, 9.17) is 5.73 Å². The molecule has 1 saturated carbocycles. The predicted octanol–water partition coefficient (Wildman–Crippen LogP) is 0.808. The van der Waals surface area contributed by atoms with Crippen LogP contribution in [-0.2, 0) is 7.05 Å². The number of nitrogens with zero attached hydrogens (tertiary/aromatic N) is 2. The van der Waals surface area contributed by atoms with Crippen molar-refractivity contribution in [1.82, 2.24) is 15.1 Å². The fourth-order valence-electron chi connectivity index (χ4n) is 2.11. The van der Waals surface area contributed by atoms with Gasteiger partial charge in [-0.1, -0.05) is 6.92 Å². The Kier molecular flexibility index (Phi) is 3.07. The van der Waals surface area contributed by atoms with Crippen molar-refractivity contribution in [2.24, 2.45) is 18.7 Å². The van der Waals surface area contributed by atoms with Crippen molar-refractivity contribution >= 4 is 0 Å². The summed E-state index contributed by atoms with van der Waals surface area (Å²) in [6.07, 6.45) is 6.41. The van der Waals surface area contributed by atoms with E-state index >= 15 is 0 Å². The number of aromatic nitrogens is 2. The monoisotopic (exact) mass is 208 g/mol. The van der Waals surface area contributed by atoms with Gasteiger partial charge >= 0.3 is 0 Å². The van der Waals surface area contributed by atoms with Crippen LogP contribution in [-0.4, -0.2) is 22.4 Å². The van der Waals surface area contributed by atoms with Crippen LogP contribution in [0.1, 0.15) is 31.4 Å². The Hall–Kier alpha value is -0.870. The minimum Gasteiger partial charge on any atom is -0.323 e. The van der Waals surface area contributed by atoms with E-state index in [1.54, 1.807) is 4.68 Å². The minimum absolute atomic E-state index is 0.0645. The van der Waals surface area contributed by atoms with Gasteiger partial charge in [0.15, 0.2) is 0 Å². The first kappa shape index (κ1) is 10.6. The topological polar surface area (TPSA) is 55.9 Å². The molecule has 0 bridgehead atoms. The van der Waals surface area contributed by atoms with Crippen LogP contribution in [0.3, 0.4) is 0 Å². The van der Waals surface area contributed by atoms with Crippen LogP contribution in [0.2, 0.25) is 0 Å². The molecule has 1 aromatic rings. The van der Waals surface area contributed by atoms with Gasteiger partial charge in [-0.3, -0.25) is 4.68 Å². The van der Waals surface area contributed by atoms with E-state index in [1.165, 1.54) is 12.8 Å². The molecule has 1 aliphatic rings. The number of hydrogen-bond acceptors (Lipinski definition) is 3. The average Bonchev–Trinajstić information content (AvgIpc) is 2.57. The van der Waals surface area contributed by atoms with Gasteiger partial charge in [0, 0.05) is 37.4 Å². The highest BCUT2D eigenvalue weighted by atomic mass is 15.2. The lowest BCUT2D eigenvalue weighted by atomic mass is 9.82. The number of nitrogens with two attached hydrogens (primary N) is 1. The summed E-state index contributed by atoms with van der Waals surface area (Å²) in [4.78, 5) is 0. The maximum absolute atomic E-state index is 6.05. The SMILES string of the molecule is CC1CC(NCC(N)c2cnn(C)c2)C1. The quantitative estimate of drug-likeness (QED) is 0.770. The smallest absolute Gasteiger partial charge is 0.0537 e. The van der Waals surface area contributed by atoms with Gasteiger partial charge in [0.1, 0.15) is 0 Å². The Bertz CT molecular complexity index is 314. The average molecular weight is 208 g/mol. The van der Waals surface area contributed by atoms with E-state index < -0.39 is 0 Å². The van der Waals surface area contributed by atoms with E-state index in [1.807, 2.05) is 19.4 Å². The molecule has 0 saturated heterocycles. The maximum Gasteiger partial charge on any atom is 0.0537 e. The van der Waals surface area contributed by atoms with Crippen LogP contribution in [0, 0.1) is 5.92 Å². The van der Waals surface area contributed by atoms with E-state index in [9.17, 15) is 0 Å². The van der Waals surface area contributed by atoms with Gasteiger partial charge in [0.25, 0.3) is 0 Å². The molecule has 1 aromatic heterocycles. The second kappa shape index (κ2) is 4.33.